The number of nitrogens with zero attached hydrogens (tertiary/aromatic N) is 5. The van der Waals surface area contributed by atoms with E-state index in [9.17, 15) is 14.4 Å². The lowest BCUT2D eigenvalue weighted by molar-refractivity contribution is -0.126. The molecule has 1 saturated heterocycles. The molecule has 1 aliphatic heterocycles. The minimum Gasteiger partial charge on any atom is -0.457 e. The third-order valence-electron chi connectivity index (χ3n) is 8.66. The number of allylic oxidation sites excluding steroid dienone is 1. The smallest absolute Gasteiger partial charge is 0.419 e. The van der Waals surface area contributed by atoms with E-state index in [4.69, 9.17) is 19.9 Å². The molecule has 2 aromatic carbocycles. The highest BCUT2D eigenvalue weighted by Gasteiger charge is 2.30. The first-order valence-electron chi connectivity index (χ1n) is 19.7. The number of fused-ring (bicyclic) bond motifs is 1. The zero-order chi connectivity index (χ0) is 40.6. The normalized spacial score (nSPS) is 13.2. The van der Waals surface area contributed by atoms with Crippen LogP contribution in [0.15, 0.2) is 73.1 Å². The number of carbonyl (C=O) groups is 3. The van der Waals surface area contributed by atoms with Gasteiger partial charge in [0.05, 0.1) is 11.1 Å². The number of aromatic nitrogens is 4. The summed E-state index contributed by atoms with van der Waals surface area (Å²) in [6.45, 7) is 12.7. The summed E-state index contributed by atoms with van der Waals surface area (Å²) in [6.07, 6.45) is 14.1. The summed E-state index contributed by atoms with van der Waals surface area (Å²) >= 11 is 0. The van der Waals surface area contributed by atoms with E-state index >= 15 is 0 Å². The van der Waals surface area contributed by atoms with Gasteiger partial charge in [-0.25, -0.2) is 24.5 Å². The third-order valence-corrected chi connectivity index (χ3v) is 8.66. The van der Waals surface area contributed by atoms with Gasteiger partial charge in [-0.3, -0.25) is 9.89 Å². The van der Waals surface area contributed by atoms with Crippen LogP contribution in [0.4, 0.5) is 15.4 Å². The van der Waals surface area contributed by atoms with Crippen molar-refractivity contribution < 1.29 is 28.6 Å². The number of carbonyl (C=O) groups excluding carboxylic acids is 3. The second-order valence-corrected chi connectivity index (χ2v) is 15.8. The van der Waals surface area contributed by atoms with E-state index < -0.39 is 23.4 Å². The highest BCUT2D eigenvalue weighted by Crippen LogP contribution is 2.30. The number of amides is 3. The van der Waals surface area contributed by atoms with Crippen LogP contribution >= 0.6 is 0 Å². The molecule has 1 aliphatic rings. The number of nitrogens with two attached hydrogens (primary N) is 1. The van der Waals surface area contributed by atoms with E-state index in [1.807, 2.05) is 65.6 Å². The van der Waals surface area contributed by atoms with Crippen molar-refractivity contribution in [2.45, 2.75) is 117 Å². The average Bonchev–Trinajstić information content (AvgIpc) is 3.59. The number of H-pyrrole nitrogens is 1. The van der Waals surface area contributed by atoms with Gasteiger partial charge in [0.2, 0.25) is 5.91 Å². The molecule has 13 nitrogen and oxygen atoms in total. The topological polar surface area (TPSA) is 166 Å². The van der Waals surface area contributed by atoms with Crippen LogP contribution in [0.25, 0.3) is 22.3 Å². The predicted molar refractivity (Wildman–Crippen MR) is 219 cm³/mol. The molecule has 0 radical (unpaired) electrons. The number of piperidine rings is 1. The highest BCUT2D eigenvalue weighted by atomic mass is 16.6. The van der Waals surface area contributed by atoms with Crippen molar-refractivity contribution in [2.75, 3.05) is 25.4 Å². The van der Waals surface area contributed by atoms with Gasteiger partial charge < -0.3 is 24.8 Å². The number of para-hydroxylation sites is 1. The Morgan fingerprint density at radius 1 is 0.786 bits per heavy atom. The Bertz CT molecular complexity index is 1830. The number of nitrogens with one attached hydrogen (secondary N) is 1. The number of anilines is 1. The molecule has 0 spiro atoms. The summed E-state index contributed by atoms with van der Waals surface area (Å²) in [5.74, 6) is 2.11. The molecule has 0 bridgehead atoms. The first-order chi connectivity index (χ1) is 26.7. The molecule has 56 heavy (non-hydrogen) atoms. The fourth-order valence-corrected chi connectivity index (χ4v) is 5.94. The van der Waals surface area contributed by atoms with Crippen LogP contribution in [0.3, 0.4) is 0 Å². The average molecular weight is 770 g/mol. The molecular formula is C43H59N7O6. The van der Waals surface area contributed by atoms with Crippen molar-refractivity contribution in [3.8, 4) is 22.8 Å². The molecule has 0 saturated carbocycles. The van der Waals surface area contributed by atoms with Gasteiger partial charge in [0, 0.05) is 25.2 Å². The molecule has 3 N–H and O–H groups in total. The van der Waals surface area contributed by atoms with Gasteiger partial charge in [-0.15, -0.1) is 0 Å². The number of aromatic amines is 1. The monoisotopic (exact) mass is 769 g/mol. The lowest BCUT2D eigenvalue weighted by Gasteiger charge is -2.28. The Morgan fingerprint density at radius 2 is 1.38 bits per heavy atom. The molecule has 3 heterocycles. The largest absolute Gasteiger partial charge is 0.457 e. The fourth-order valence-electron chi connectivity index (χ4n) is 5.94. The minimum absolute atomic E-state index is 0.147. The van der Waals surface area contributed by atoms with Crippen molar-refractivity contribution in [3.05, 3.63) is 73.1 Å². The molecule has 5 rings (SSSR count). The van der Waals surface area contributed by atoms with Crippen molar-refractivity contribution in [3.63, 3.8) is 0 Å². The number of nitrogen functional groups attached to an aromatic ring is 1. The van der Waals surface area contributed by atoms with E-state index in [0.29, 0.717) is 17.9 Å². The fraction of sp³-hybridized carbons (Fsp3) is 0.488. The molecule has 13 heteroatoms. The molecule has 1 fully saturated rings. The van der Waals surface area contributed by atoms with Crippen molar-refractivity contribution >= 4 is 34.9 Å². The summed E-state index contributed by atoms with van der Waals surface area (Å²) < 4.78 is 16.5. The van der Waals surface area contributed by atoms with E-state index in [1.54, 1.807) is 47.6 Å². The molecular weight excluding hydrogens is 711 g/mol. The van der Waals surface area contributed by atoms with Crippen LogP contribution < -0.4 is 10.5 Å². The van der Waals surface area contributed by atoms with Gasteiger partial charge in [-0.1, -0.05) is 50.0 Å². The second kappa shape index (κ2) is 21.0. The minimum atomic E-state index is -0.676. The molecule has 3 amide bonds. The highest BCUT2D eigenvalue weighted by molar-refractivity contribution is 5.97. The SMILES string of the molecule is CC(C)(C)OC(=O)N(CCCCCCCC/C=C/C(=O)N1CCCCC1)C(=O)OC(C)(C)C.Nc1ncnc2n[nH]c(-c3ccc(Oc4ccccc4)cc3)c12. The van der Waals surface area contributed by atoms with Gasteiger partial charge in [0.25, 0.3) is 0 Å². The van der Waals surface area contributed by atoms with Crippen LogP contribution in [-0.4, -0.2) is 78.9 Å². The van der Waals surface area contributed by atoms with Crippen molar-refractivity contribution in [2.24, 2.45) is 0 Å². The lowest BCUT2D eigenvalue weighted by Crippen LogP contribution is -2.44. The molecule has 302 valence electrons. The number of ether oxygens (including phenoxy) is 3. The Morgan fingerprint density at radius 3 is 2.00 bits per heavy atom. The van der Waals surface area contributed by atoms with Crippen molar-refractivity contribution in [1.82, 2.24) is 30.0 Å². The van der Waals surface area contributed by atoms with Crippen LogP contribution in [-0.2, 0) is 14.3 Å². The summed E-state index contributed by atoms with van der Waals surface area (Å²) in [6, 6.07) is 17.3. The Hall–Kier alpha value is -5.46. The van der Waals surface area contributed by atoms with Crippen LogP contribution in [0.5, 0.6) is 11.5 Å². The van der Waals surface area contributed by atoms with Crippen LogP contribution in [0, 0.1) is 0 Å². The zero-order valence-electron chi connectivity index (χ0n) is 33.9. The molecule has 0 aliphatic carbocycles. The van der Waals surface area contributed by atoms with Crippen LogP contribution in [0.2, 0.25) is 0 Å². The summed E-state index contributed by atoms with van der Waals surface area (Å²) in [4.78, 5) is 48.2. The first-order valence-corrected chi connectivity index (χ1v) is 19.7. The summed E-state index contributed by atoms with van der Waals surface area (Å²) in [5.41, 5.74) is 6.87. The van der Waals surface area contributed by atoms with Gasteiger partial charge >= 0.3 is 12.2 Å². The van der Waals surface area contributed by atoms with Gasteiger partial charge in [-0.2, -0.15) is 5.10 Å². The quantitative estimate of drug-likeness (QED) is 0.0987. The second-order valence-electron chi connectivity index (χ2n) is 15.8. The maximum absolute atomic E-state index is 12.5. The summed E-state index contributed by atoms with van der Waals surface area (Å²) in [7, 11) is 0. The number of likely N-dealkylation sites (tertiary alicyclic amines) is 1. The lowest BCUT2D eigenvalue weighted by atomic mass is 10.1. The van der Waals surface area contributed by atoms with E-state index in [-0.39, 0.29) is 12.5 Å². The number of rotatable bonds is 13. The standard InChI is InChI=1S/C26H46N2O5.C17H13N5O/c1-25(2,3)32-23(30)28(24(31)33-26(4,5)6)21-17-12-10-8-7-9-11-14-18-22(29)27-19-15-13-16-20-27;18-16-14-15(21-22-17(14)20-10-19-16)11-6-8-13(9-7-11)23-12-4-2-1-3-5-12/h14,18H,7-13,15-17,19-21H2,1-6H3;1-10H,(H3,18,19,20,21,22)/b18-14+;. The first kappa shape index (κ1) is 43.3. The van der Waals surface area contributed by atoms with Gasteiger partial charge in [0.15, 0.2) is 5.65 Å². The Labute approximate surface area is 331 Å². The van der Waals surface area contributed by atoms with Crippen LogP contribution in [0.1, 0.15) is 106 Å². The van der Waals surface area contributed by atoms with E-state index in [0.717, 1.165) is 97.5 Å². The Kier molecular flexibility index (Phi) is 16.2. The molecule has 0 unspecified atom stereocenters. The van der Waals surface area contributed by atoms with Gasteiger partial charge in [-0.05, 0) is 123 Å². The number of hydrogen-bond acceptors (Lipinski definition) is 10. The van der Waals surface area contributed by atoms with E-state index in [1.165, 1.54) is 12.7 Å². The molecule has 0 atom stereocenters. The number of hydrogen-bond donors (Lipinski definition) is 2. The number of unbranched alkanes of at least 4 members (excludes halogenated alkanes) is 6. The Balaban J connectivity index is 0.000000262. The summed E-state index contributed by atoms with van der Waals surface area (Å²) in [5, 5.41) is 7.85. The maximum atomic E-state index is 12.5. The zero-order valence-corrected chi connectivity index (χ0v) is 33.9. The van der Waals surface area contributed by atoms with Gasteiger partial charge in [0.1, 0.15) is 34.8 Å². The van der Waals surface area contributed by atoms with Crippen molar-refractivity contribution in [1.29, 1.82) is 0 Å². The van der Waals surface area contributed by atoms with E-state index in [2.05, 4.69) is 20.2 Å². The number of imide groups is 1. The third kappa shape index (κ3) is 14.6. The maximum Gasteiger partial charge on any atom is 0.419 e. The molecule has 2 aromatic heterocycles. The predicted octanol–water partition coefficient (Wildman–Crippen LogP) is 9.85. The molecule has 4 aromatic rings. The number of benzene rings is 2.